The first-order chi connectivity index (χ1) is 15.0. The van der Waals surface area contributed by atoms with Crippen molar-refractivity contribution in [3.63, 3.8) is 0 Å². The van der Waals surface area contributed by atoms with Crippen molar-refractivity contribution in [2.24, 2.45) is 0 Å². The van der Waals surface area contributed by atoms with Crippen LogP contribution in [0.2, 0.25) is 0 Å². The minimum Gasteiger partial charge on any atom is -0.383 e. The number of rotatable bonds is 6. The van der Waals surface area contributed by atoms with Crippen molar-refractivity contribution in [3.05, 3.63) is 45.5 Å². The van der Waals surface area contributed by atoms with Crippen molar-refractivity contribution < 1.29 is 9.53 Å². The van der Waals surface area contributed by atoms with Crippen molar-refractivity contribution in [2.75, 3.05) is 46.4 Å². The molecular weight excluding hydrogens is 412 g/mol. The topological polar surface area (TPSA) is 76.4 Å². The Morgan fingerprint density at radius 3 is 2.65 bits per heavy atom. The Morgan fingerprint density at radius 2 is 1.97 bits per heavy atom. The van der Waals surface area contributed by atoms with Gasteiger partial charge in [0.1, 0.15) is 0 Å². The molecular formula is C22H28N6O2S. The van der Waals surface area contributed by atoms with Crippen LogP contribution in [-0.4, -0.2) is 81.9 Å². The monoisotopic (exact) mass is 440 g/mol. The highest BCUT2D eigenvalue weighted by Crippen LogP contribution is 2.29. The van der Waals surface area contributed by atoms with Gasteiger partial charge in [-0.3, -0.25) is 9.69 Å². The van der Waals surface area contributed by atoms with Crippen LogP contribution < -0.4 is 0 Å². The van der Waals surface area contributed by atoms with E-state index in [1.807, 2.05) is 17.9 Å². The number of carbonyl (C=O) groups is 1. The molecule has 0 aromatic carbocycles. The van der Waals surface area contributed by atoms with E-state index in [1.165, 1.54) is 9.75 Å². The molecule has 4 heterocycles. The Kier molecular flexibility index (Phi) is 6.45. The highest BCUT2D eigenvalue weighted by Gasteiger charge is 2.25. The minimum absolute atomic E-state index is 0.00981. The summed E-state index contributed by atoms with van der Waals surface area (Å²) in [7, 11) is 1.71. The van der Waals surface area contributed by atoms with E-state index in [2.05, 4.69) is 34.9 Å². The quantitative estimate of drug-likeness (QED) is 0.587. The van der Waals surface area contributed by atoms with Crippen LogP contribution in [0.15, 0.2) is 24.5 Å². The number of thiophene rings is 1. The number of aromatic nitrogens is 4. The summed E-state index contributed by atoms with van der Waals surface area (Å²) in [5.41, 5.74) is 3.32. The lowest BCUT2D eigenvalue weighted by molar-refractivity contribution is 0.0593. The predicted molar refractivity (Wildman–Crippen MR) is 121 cm³/mol. The van der Waals surface area contributed by atoms with Crippen LogP contribution in [0.25, 0.3) is 17.2 Å². The summed E-state index contributed by atoms with van der Waals surface area (Å²) in [5, 5.41) is 4.44. The fourth-order valence-corrected chi connectivity index (χ4v) is 4.81. The maximum atomic E-state index is 13.1. The smallest absolute Gasteiger partial charge is 0.257 e. The Morgan fingerprint density at radius 1 is 1.19 bits per heavy atom. The van der Waals surface area contributed by atoms with Gasteiger partial charge < -0.3 is 9.64 Å². The summed E-state index contributed by atoms with van der Waals surface area (Å²) < 4.78 is 6.80. The second-order valence-electron chi connectivity index (χ2n) is 7.75. The summed E-state index contributed by atoms with van der Waals surface area (Å²) in [6.07, 6.45) is 3.37. The van der Waals surface area contributed by atoms with E-state index in [4.69, 9.17) is 9.72 Å². The summed E-state index contributed by atoms with van der Waals surface area (Å²) in [5.74, 6) is 0.484. The van der Waals surface area contributed by atoms with E-state index in [1.54, 1.807) is 35.5 Å². The van der Waals surface area contributed by atoms with Crippen molar-refractivity contribution in [3.8, 4) is 17.2 Å². The predicted octanol–water partition coefficient (Wildman–Crippen LogP) is 2.72. The molecule has 0 unspecified atom stereocenters. The van der Waals surface area contributed by atoms with E-state index in [0.717, 1.165) is 36.6 Å². The van der Waals surface area contributed by atoms with Crippen molar-refractivity contribution in [2.45, 2.75) is 20.8 Å². The standard InChI is InChI=1S/C22H28N6O2S/c1-15-13-18(17(3)31-15)20-5-6-23-22(25-20)28-16(2)19(14-24-28)21(29)27-9-7-26(8-10-27)11-12-30-4/h5-6,13-14H,7-12H2,1-4H3. The SMILES string of the molecule is COCCN1CCN(C(=O)c2cnn(-c3nccc(-c4cc(C)sc4C)n3)c2C)CC1. The fourth-order valence-electron chi connectivity index (χ4n) is 3.87. The molecule has 1 aliphatic heterocycles. The maximum absolute atomic E-state index is 13.1. The summed E-state index contributed by atoms with van der Waals surface area (Å²) >= 11 is 1.75. The molecule has 31 heavy (non-hydrogen) atoms. The normalized spacial score (nSPS) is 14.9. The molecule has 1 amide bonds. The Bertz CT molecular complexity index is 1070. The van der Waals surface area contributed by atoms with Crippen LogP contribution >= 0.6 is 11.3 Å². The zero-order chi connectivity index (χ0) is 22.0. The van der Waals surface area contributed by atoms with Gasteiger partial charge >= 0.3 is 0 Å². The van der Waals surface area contributed by atoms with E-state index in [9.17, 15) is 4.79 Å². The number of aryl methyl sites for hydroxylation is 2. The molecule has 0 aliphatic carbocycles. The number of hydrogen-bond acceptors (Lipinski definition) is 7. The first-order valence-electron chi connectivity index (χ1n) is 10.4. The number of piperazine rings is 1. The van der Waals surface area contributed by atoms with Crippen molar-refractivity contribution in [1.82, 2.24) is 29.5 Å². The molecule has 0 saturated carbocycles. The average molecular weight is 441 g/mol. The van der Waals surface area contributed by atoms with E-state index >= 15 is 0 Å². The zero-order valence-corrected chi connectivity index (χ0v) is 19.3. The molecule has 3 aromatic rings. The number of hydrogen-bond donors (Lipinski definition) is 0. The Labute approximate surface area is 186 Å². The van der Waals surface area contributed by atoms with Gasteiger partial charge in [-0.25, -0.2) is 14.6 Å². The van der Waals surface area contributed by atoms with Crippen LogP contribution in [0.4, 0.5) is 0 Å². The van der Waals surface area contributed by atoms with Gasteiger partial charge in [0.15, 0.2) is 0 Å². The highest BCUT2D eigenvalue weighted by molar-refractivity contribution is 7.12. The molecule has 3 aromatic heterocycles. The second kappa shape index (κ2) is 9.25. The maximum Gasteiger partial charge on any atom is 0.257 e. The van der Waals surface area contributed by atoms with Gasteiger partial charge in [0.2, 0.25) is 0 Å². The molecule has 1 saturated heterocycles. The van der Waals surface area contributed by atoms with Crippen LogP contribution in [0.5, 0.6) is 0 Å². The third-order valence-electron chi connectivity index (χ3n) is 5.66. The molecule has 1 fully saturated rings. The van der Waals surface area contributed by atoms with Gasteiger partial charge in [0.25, 0.3) is 11.9 Å². The van der Waals surface area contributed by atoms with Crippen LogP contribution in [-0.2, 0) is 4.74 Å². The molecule has 0 N–H and O–H groups in total. The third-order valence-corrected chi connectivity index (χ3v) is 6.63. The van der Waals surface area contributed by atoms with E-state index < -0.39 is 0 Å². The van der Waals surface area contributed by atoms with Gasteiger partial charge in [-0.15, -0.1) is 11.3 Å². The number of amides is 1. The lowest BCUT2D eigenvalue weighted by Crippen LogP contribution is -2.49. The summed E-state index contributed by atoms with van der Waals surface area (Å²) in [6.45, 7) is 10.8. The average Bonchev–Trinajstić information content (AvgIpc) is 3.33. The minimum atomic E-state index is 0.00981. The molecule has 0 bridgehead atoms. The van der Waals surface area contributed by atoms with E-state index in [-0.39, 0.29) is 5.91 Å². The molecule has 8 nitrogen and oxygen atoms in total. The molecule has 164 valence electrons. The van der Waals surface area contributed by atoms with Gasteiger partial charge in [-0.2, -0.15) is 5.10 Å². The zero-order valence-electron chi connectivity index (χ0n) is 18.5. The number of methoxy groups -OCH3 is 1. The van der Waals surface area contributed by atoms with Crippen LogP contribution in [0, 0.1) is 20.8 Å². The molecule has 0 radical (unpaired) electrons. The number of carbonyl (C=O) groups excluding carboxylic acids is 1. The second-order valence-corrected chi connectivity index (χ2v) is 9.21. The van der Waals surface area contributed by atoms with Crippen LogP contribution in [0.3, 0.4) is 0 Å². The first-order valence-corrected chi connectivity index (χ1v) is 11.3. The van der Waals surface area contributed by atoms with Gasteiger partial charge in [-0.1, -0.05) is 0 Å². The molecule has 0 spiro atoms. The fraction of sp³-hybridized carbons (Fsp3) is 0.455. The van der Waals surface area contributed by atoms with E-state index in [0.29, 0.717) is 31.2 Å². The van der Waals surface area contributed by atoms with Crippen molar-refractivity contribution >= 4 is 17.2 Å². The Hall–Kier alpha value is -2.62. The van der Waals surface area contributed by atoms with Gasteiger partial charge in [0.05, 0.1) is 29.8 Å². The molecule has 0 atom stereocenters. The lowest BCUT2D eigenvalue weighted by atomic mass is 10.2. The summed E-state index contributed by atoms with van der Waals surface area (Å²) in [4.78, 5) is 28.9. The van der Waals surface area contributed by atoms with Crippen LogP contribution in [0.1, 0.15) is 25.8 Å². The Balaban J connectivity index is 1.52. The number of nitrogens with zero attached hydrogens (tertiary/aromatic N) is 6. The molecule has 9 heteroatoms. The number of ether oxygens (including phenoxy) is 1. The largest absolute Gasteiger partial charge is 0.383 e. The van der Waals surface area contributed by atoms with Gasteiger partial charge in [0, 0.05) is 61.3 Å². The molecule has 1 aliphatic rings. The van der Waals surface area contributed by atoms with Gasteiger partial charge in [-0.05, 0) is 32.9 Å². The highest BCUT2D eigenvalue weighted by atomic mass is 32.1. The first kappa shape index (κ1) is 21.6. The summed E-state index contributed by atoms with van der Waals surface area (Å²) in [6, 6.07) is 4.05. The molecule has 4 rings (SSSR count). The lowest BCUT2D eigenvalue weighted by Gasteiger charge is -2.34. The third kappa shape index (κ3) is 4.53. The van der Waals surface area contributed by atoms with Crippen molar-refractivity contribution in [1.29, 1.82) is 0 Å².